The van der Waals surface area contributed by atoms with Gasteiger partial charge in [-0.1, -0.05) is 37.3 Å². The van der Waals surface area contributed by atoms with E-state index in [-0.39, 0.29) is 12.5 Å². The second-order valence-corrected chi connectivity index (χ2v) is 6.90. The highest BCUT2D eigenvalue weighted by molar-refractivity contribution is 6.33. The number of hydrogen-bond acceptors (Lipinski definition) is 5. The Morgan fingerprint density at radius 1 is 1.23 bits per heavy atom. The number of hydrazone groups is 1. The van der Waals surface area contributed by atoms with Gasteiger partial charge in [0.2, 0.25) is 0 Å². The standard InChI is InChI=1S/C23H21N3O4/c1-3-17-14(2)20(23(28)30-12-15-7-5-4-6-8-15)24-19(17)11-18-21(25-26-22(18)27)16-9-10-29-13-16/h4-11,13,24H,3,12H2,1-2H3,(H,26,27)/b18-11-. The van der Waals surface area contributed by atoms with Crippen LogP contribution >= 0.6 is 0 Å². The van der Waals surface area contributed by atoms with E-state index in [9.17, 15) is 9.59 Å². The van der Waals surface area contributed by atoms with Gasteiger partial charge in [0.1, 0.15) is 18.0 Å². The summed E-state index contributed by atoms with van der Waals surface area (Å²) in [4.78, 5) is 28.2. The Labute approximate surface area is 173 Å². The molecule has 152 valence electrons. The average molecular weight is 403 g/mol. The number of benzene rings is 1. The van der Waals surface area contributed by atoms with Crippen molar-refractivity contribution in [2.24, 2.45) is 5.10 Å². The van der Waals surface area contributed by atoms with E-state index in [0.717, 1.165) is 16.7 Å². The summed E-state index contributed by atoms with van der Waals surface area (Å²) in [6.45, 7) is 4.06. The van der Waals surface area contributed by atoms with E-state index in [1.165, 1.54) is 12.5 Å². The predicted octanol–water partition coefficient (Wildman–Crippen LogP) is 3.75. The molecule has 4 rings (SSSR count). The molecule has 1 aliphatic heterocycles. The molecule has 0 fully saturated rings. The molecule has 0 spiro atoms. The summed E-state index contributed by atoms with van der Waals surface area (Å²) in [5, 5.41) is 4.10. The molecule has 2 aromatic heterocycles. The van der Waals surface area contributed by atoms with E-state index in [1.807, 2.05) is 44.2 Å². The predicted molar refractivity (Wildman–Crippen MR) is 112 cm³/mol. The van der Waals surface area contributed by atoms with Crippen molar-refractivity contribution in [1.82, 2.24) is 10.4 Å². The van der Waals surface area contributed by atoms with Crippen LogP contribution in [0.25, 0.3) is 6.08 Å². The summed E-state index contributed by atoms with van der Waals surface area (Å²) >= 11 is 0. The molecule has 0 unspecified atom stereocenters. The van der Waals surface area contributed by atoms with Crippen molar-refractivity contribution in [3.8, 4) is 0 Å². The number of nitrogens with zero attached hydrogens (tertiary/aromatic N) is 1. The minimum atomic E-state index is -0.435. The number of aromatic nitrogens is 1. The Kier molecular flexibility index (Phi) is 5.34. The molecule has 1 amide bonds. The molecule has 0 saturated heterocycles. The molecule has 0 radical (unpaired) electrons. The minimum absolute atomic E-state index is 0.190. The highest BCUT2D eigenvalue weighted by Gasteiger charge is 2.26. The van der Waals surface area contributed by atoms with Crippen LogP contribution in [-0.4, -0.2) is 22.6 Å². The van der Waals surface area contributed by atoms with Crippen molar-refractivity contribution in [3.05, 3.63) is 88.1 Å². The highest BCUT2D eigenvalue weighted by atomic mass is 16.5. The summed E-state index contributed by atoms with van der Waals surface area (Å²) in [6.07, 6.45) is 5.45. The van der Waals surface area contributed by atoms with Crippen LogP contribution in [0.1, 0.15) is 45.4 Å². The van der Waals surface area contributed by atoms with Crippen molar-refractivity contribution in [2.45, 2.75) is 26.9 Å². The number of furan rings is 1. The fourth-order valence-corrected chi connectivity index (χ4v) is 3.47. The van der Waals surface area contributed by atoms with Gasteiger partial charge < -0.3 is 14.1 Å². The number of H-pyrrole nitrogens is 1. The first kappa shape index (κ1) is 19.4. The molecule has 0 saturated carbocycles. The number of carbonyl (C=O) groups is 2. The van der Waals surface area contributed by atoms with Gasteiger partial charge >= 0.3 is 5.97 Å². The molecule has 3 heterocycles. The van der Waals surface area contributed by atoms with Gasteiger partial charge in [-0.3, -0.25) is 4.79 Å². The molecule has 3 aromatic rings. The number of ether oxygens (including phenoxy) is 1. The van der Waals surface area contributed by atoms with Gasteiger partial charge in [-0.05, 0) is 42.2 Å². The first-order valence-corrected chi connectivity index (χ1v) is 9.63. The van der Waals surface area contributed by atoms with Crippen LogP contribution in [0.2, 0.25) is 0 Å². The Morgan fingerprint density at radius 2 is 2.03 bits per heavy atom. The zero-order valence-electron chi connectivity index (χ0n) is 16.7. The summed E-state index contributed by atoms with van der Waals surface area (Å²) in [6, 6.07) is 11.2. The first-order valence-electron chi connectivity index (χ1n) is 9.63. The second-order valence-electron chi connectivity index (χ2n) is 6.90. The van der Waals surface area contributed by atoms with Gasteiger partial charge in [0.25, 0.3) is 5.91 Å². The topological polar surface area (TPSA) is 96.7 Å². The molecule has 1 aromatic carbocycles. The molecule has 0 aliphatic carbocycles. The van der Waals surface area contributed by atoms with Crippen molar-refractivity contribution >= 4 is 23.7 Å². The number of nitrogens with one attached hydrogen (secondary N) is 2. The third-order valence-electron chi connectivity index (χ3n) is 5.04. The molecule has 1 aliphatic rings. The Bertz CT molecular complexity index is 1140. The van der Waals surface area contributed by atoms with Crippen molar-refractivity contribution in [2.75, 3.05) is 0 Å². The molecule has 7 heteroatoms. The third kappa shape index (κ3) is 3.69. The van der Waals surface area contributed by atoms with E-state index in [4.69, 9.17) is 9.15 Å². The summed E-state index contributed by atoms with van der Waals surface area (Å²) in [5.74, 6) is -0.746. The van der Waals surface area contributed by atoms with E-state index in [2.05, 4.69) is 15.5 Å². The van der Waals surface area contributed by atoms with Crippen molar-refractivity contribution in [1.29, 1.82) is 0 Å². The van der Waals surface area contributed by atoms with Gasteiger partial charge in [0.05, 0.1) is 18.1 Å². The van der Waals surface area contributed by atoms with Crippen molar-refractivity contribution in [3.63, 3.8) is 0 Å². The zero-order chi connectivity index (χ0) is 21.1. The van der Waals surface area contributed by atoms with E-state index in [0.29, 0.717) is 34.7 Å². The number of amides is 1. The van der Waals surface area contributed by atoms with Gasteiger partial charge in [0.15, 0.2) is 0 Å². The fraction of sp³-hybridized carbons (Fsp3) is 0.174. The van der Waals surface area contributed by atoms with Gasteiger partial charge in [-0.15, -0.1) is 0 Å². The molecule has 30 heavy (non-hydrogen) atoms. The van der Waals surface area contributed by atoms with Crippen LogP contribution in [0.3, 0.4) is 0 Å². The number of esters is 1. The lowest BCUT2D eigenvalue weighted by molar-refractivity contribution is -0.116. The second kappa shape index (κ2) is 8.24. The van der Waals surface area contributed by atoms with E-state index in [1.54, 1.807) is 12.1 Å². The lowest BCUT2D eigenvalue weighted by Crippen LogP contribution is -2.13. The minimum Gasteiger partial charge on any atom is -0.472 e. The average Bonchev–Trinajstić information content (AvgIpc) is 3.48. The van der Waals surface area contributed by atoms with Crippen LogP contribution in [0.4, 0.5) is 0 Å². The smallest absolute Gasteiger partial charge is 0.355 e. The van der Waals surface area contributed by atoms with Gasteiger partial charge in [0, 0.05) is 11.3 Å². The lowest BCUT2D eigenvalue weighted by Gasteiger charge is -2.04. The normalized spacial score (nSPS) is 14.7. The highest BCUT2D eigenvalue weighted by Crippen LogP contribution is 2.25. The molecule has 0 bridgehead atoms. The molecular weight excluding hydrogens is 382 g/mol. The summed E-state index contributed by atoms with van der Waals surface area (Å²) in [7, 11) is 0. The maximum Gasteiger partial charge on any atom is 0.355 e. The van der Waals surface area contributed by atoms with Crippen LogP contribution in [-0.2, 0) is 22.6 Å². The molecule has 0 atom stereocenters. The van der Waals surface area contributed by atoms with Crippen molar-refractivity contribution < 1.29 is 18.7 Å². The Balaban J connectivity index is 1.63. The quantitative estimate of drug-likeness (QED) is 0.484. The number of hydrogen-bond donors (Lipinski definition) is 2. The van der Waals surface area contributed by atoms with Crippen LogP contribution in [0, 0.1) is 6.92 Å². The number of rotatable bonds is 6. The molecule has 7 nitrogen and oxygen atoms in total. The third-order valence-corrected chi connectivity index (χ3v) is 5.04. The SMILES string of the molecule is CCc1c(/C=C2\C(=O)NN=C2c2ccoc2)[nH]c(C(=O)OCc2ccccc2)c1C. The van der Waals surface area contributed by atoms with Crippen LogP contribution < -0.4 is 5.43 Å². The number of carbonyl (C=O) groups excluding carboxylic acids is 2. The monoisotopic (exact) mass is 403 g/mol. The fourth-order valence-electron chi connectivity index (χ4n) is 3.47. The van der Waals surface area contributed by atoms with Gasteiger partial charge in [-0.2, -0.15) is 5.10 Å². The molecular formula is C23H21N3O4. The number of aromatic amines is 1. The lowest BCUT2D eigenvalue weighted by atomic mass is 10.0. The Hall–Kier alpha value is -3.87. The maximum atomic E-state index is 12.7. The summed E-state index contributed by atoms with van der Waals surface area (Å²) in [5.41, 5.74) is 7.81. The Morgan fingerprint density at radius 3 is 2.73 bits per heavy atom. The van der Waals surface area contributed by atoms with Crippen LogP contribution in [0.15, 0.2) is 64.0 Å². The van der Waals surface area contributed by atoms with Crippen LogP contribution in [0.5, 0.6) is 0 Å². The van der Waals surface area contributed by atoms with E-state index >= 15 is 0 Å². The summed E-state index contributed by atoms with van der Waals surface area (Å²) < 4.78 is 10.6. The zero-order valence-corrected chi connectivity index (χ0v) is 16.7. The van der Waals surface area contributed by atoms with Gasteiger partial charge in [-0.25, -0.2) is 10.2 Å². The first-order chi connectivity index (χ1) is 14.6. The largest absolute Gasteiger partial charge is 0.472 e. The molecule has 2 N–H and O–H groups in total. The van der Waals surface area contributed by atoms with E-state index < -0.39 is 5.97 Å². The maximum absolute atomic E-state index is 12.7.